The molecule has 0 aromatic rings. The van der Waals surface area contributed by atoms with Crippen LogP contribution >= 0.6 is 0 Å². The number of rotatable bonds is 7. The molecule has 0 aromatic heterocycles. The van der Waals surface area contributed by atoms with Crippen molar-refractivity contribution >= 4 is 17.7 Å². The first-order valence-electron chi connectivity index (χ1n) is 21.8. The summed E-state index contributed by atoms with van der Waals surface area (Å²) in [5.74, 6) is -2.96. The lowest BCUT2D eigenvalue weighted by molar-refractivity contribution is -0.194. The molecule has 5 aliphatic rings. The second kappa shape index (κ2) is 17.3. The number of allylic oxidation sites excluding steroid dienone is 4. The molecule has 1 saturated heterocycles. The summed E-state index contributed by atoms with van der Waals surface area (Å²) in [6, 6.07) is -0.663. The Bertz CT molecular complexity index is 1580. The van der Waals surface area contributed by atoms with Crippen LogP contribution in [0.1, 0.15) is 114 Å². The maximum Gasteiger partial charge on any atom is 0.311 e. The molecule has 13 nitrogen and oxygen atoms in total. The molecular formula is C45H74N2O11. The number of methoxy groups -OCH3 is 1. The molecule has 3 saturated carbocycles. The van der Waals surface area contributed by atoms with Crippen LogP contribution in [0, 0.1) is 46.3 Å². The Morgan fingerprint density at radius 1 is 1.00 bits per heavy atom. The minimum atomic E-state index is -1.87. The SMILES string of the molecule is CC[C@H]1OC(=O)[C@H](C)[C@@H](O)[C@H](C)[C@@H](O)[C@](C)(O)C[C@@H](C)CN(CCCNC(=O)[C@@]2(OC)CCC3C4CCC5=CC(=O)C=C[C@]5(C)C4[C@@H](O)C[C@@]32C)[C@H](C)[C@@H](O)[C@]1(C)O. The van der Waals surface area contributed by atoms with Gasteiger partial charge in [0.15, 0.2) is 11.4 Å². The zero-order valence-electron chi connectivity index (χ0n) is 36.6. The average molecular weight is 819 g/mol. The smallest absolute Gasteiger partial charge is 0.311 e. The van der Waals surface area contributed by atoms with Gasteiger partial charge in [0, 0.05) is 55.5 Å². The number of ketones is 1. The molecule has 0 bridgehead atoms. The van der Waals surface area contributed by atoms with Crippen molar-refractivity contribution in [2.45, 2.75) is 167 Å². The number of cyclic esters (lactones) is 1. The molecule has 330 valence electrons. The molecule has 58 heavy (non-hydrogen) atoms. The lowest BCUT2D eigenvalue weighted by Crippen LogP contribution is -2.63. The molecule has 0 aromatic carbocycles. The van der Waals surface area contributed by atoms with Gasteiger partial charge in [0.05, 0.1) is 29.8 Å². The number of carbonyl (C=O) groups is 3. The molecule has 0 spiro atoms. The quantitative estimate of drug-likeness (QED) is 0.146. The Hall–Kier alpha value is -2.23. The zero-order chi connectivity index (χ0) is 43.3. The number of nitrogens with one attached hydrogen (secondary N) is 1. The van der Waals surface area contributed by atoms with E-state index in [1.54, 1.807) is 40.0 Å². The fourth-order valence-electron chi connectivity index (χ4n) is 12.6. The van der Waals surface area contributed by atoms with Crippen molar-refractivity contribution in [3.8, 4) is 0 Å². The van der Waals surface area contributed by atoms with Crippen LogP contribution in [0.5, 0.6) is 0 Å². The first-order valence-corrected chi connectivity index (χ1v) is 21.8. The number of nitrogens with zero attached hydrogens (tertiary/aromatic N) is 1. The van der Waals surface area contributed by atoms with Gasteiger partial charge < -0.3 is 45.4 Å². The van der Waals surface area contributed by atoms with E-state index in [4.69, 9.17) is 9.47 Å². The highest BCUT2D eigenvalue weighted by Gasteiger charge is 2.69. The van der Waals surface area contributed by atoms with E-state index in [9.17, 15) is 45.0 Å². The molecular weight excluding hydrogens is 744 g/mol. The van der Waals surface area contributed by atoms with Crippen molar-refractivity contribution in [1.82, 2.24) is 10.2 Å². The largest absolute Gasteiger partial charge is 0.459 e. The van der Waals surface area contributed by atoms with E-state index in [1.807, 2.05) is 17.9 Å². The highest BCUT2D eigenvalue weighted by Crippen LogP contribution is 2.67. The summed E-state index contributed by atoms with van der Waals surface area (Å²) in [4.78, 5) is 41.9. The van der Waals surface area contributed by atoms with E-state index in [-0.39, 0.29) is 54.7 Å². The molecule has 4 fully saturated rings. The number of esters is 1. The fraction of sp³-hybridized carbons (Fsp3) is 0.844. The van der Waals surface area contributed by atoms with Crippen LogP contribution in [0.2, 0.25) is 0 Å². The maximum absolute atomic E-state index is 14.4. The van der Waals surface area contributed by atoms with E-state index in [1.165, 1.54) is 20.8 Å². The lowest BCUT2D eigenvalue weighted by Gasteiger charge is -2.60. The molecule has 13 heteroatoms. The predicted octanol–water partition coefficient (Wildman–Crippen LogP) is 3.07. The number of fused-ring (bicyclic) bond motifs is 5. The van der Waals surface area contributed by atoms with Crippen LogP contribution in [-0.2, 0) is 23.9 Å². The standard InChI is InChI=1S/C45H74N2O11/c1-11-34-44(9,56)38(52)28(5)47(24-25(2)22-43(8,55)37(51)26(3)36(50)27(4)39(53)58-34)20-12-19-46-40(54)45(57-10)18-16-32-31-14-13-29-21-30(48)15-17-41(29,6)35(31)33(49)23-42(32,45)7/h15,17,21,25-28,31-38,49-52,55-56H,11-14,16,18-20,22-24H2,1-10H3,(H,46,54)/t25-,26+,27-,28-,31?,32?,33+,34-,35?,36+,37-,38-,41+,42+,43-,44-,45+/m1/s1. The second-order valence-electron chi connectivity index (χ2n) is 19.9. The highest BCUT2D eigenvalue weighted by molar-refractivity contribution is 6.01. The van der Waals surface area contributed by atoms with Gasteiger partial charge >= 0.3 is 5.97 Å². The van der Waals surface area contributed by atoms with Crippen molar-refractivity contribution in [2.75, 3.05) is 26.7 Å². The zero-order valence-corrected chi connectivity index (χ0v) is 36.6. The van der Waals surface area contributed by atoms with Gasteiger partial charge in [-0.25, -0.2) is 0 Å². The van der Waals surface area contributed by atoms with Gasteiger partial charge in [-0.1, -0.05) is 46.3 Å². The summed E-state index contributed by atoms with van der Waals surface area (Å²) >= 11 is 0. The van der Waals surface area contributed by atoms with E-state index in [2.05, 4.69) is 19.2 Å². The first kappa shape index (κ1) is 46.8. The van der Waals surface area contributed by atoms with Crippen molar-refractivity contribution in [3.63, 3.8) is 0 Å². The Kier molecular flexibility index (Phi) is 13.9. The predicted molar refractivity (Wildman–Crippen MR) is 218 cm³/mol. The number of ether oxygens (including phenoxy) is 2. The summed E-state index contributed by atoms with van der Waals surface area (Å²) < 4.78 is 12.0. The van der Waals surface area contributed by atoms with Crippen LogP contribution in [0.25, 0.3) is 0 Å². The van der Waals surface area contributed by atoms with Gasteiger partial charge in [-0.05, 0) is 109 Å². The van der Waals surface area contributed by atoms with Crippen LogP contribution in [0.3, 0.4) is 0 Å². The Morgan fingerprint density at radius 2 is 1.67 bits per heavy atom. The number of carbonyl (C=O) groups excluding carboxylic acids is 3. The molecule has 17 atom stereocenters. The summed E-state index contributed by atoms with van der Waals surface area (Å²) in [7, 11) is 1.58. The minimum absolute atomic E-state index is 0.00962. The third kappa shape index (κ3) is 8.12. The van der Waals surface area contributed by atoms with Gasteiger partial charge in [-0.2, -0.15) is 0 Å². The Balaban J connectivity index is 1.32. The van der Waals surface area contributed by atoms with Crippen LogP contribution in [-0.4, -0.2) is 133 Å². The maximum atomic E-state index is 14.4. The Labute approximate surface area is 345 Å². The number of hydrogen-bond donors (Lipinski definition) is 7. The number of aliphatic hydroxyl groups is 6. The van der Waals surface area contributed by atoms with Gasteiger partial charge in [-0.15, -0.1) is 0 Å². The molecule has 1 amide bonds. The first-order chi connectivity index (χ1) is 26.9. The van der Waals surface area contributed by atoms with E-state index in [0.717, 1.165) is 24.8 Å². The lowest BCUT2D eigenvalue weighted by atomic mass is 9.46. The van der Waals surface area contributed by atoms with Crippen molar-refractivity contribution in [1.29, 1.82) is 0 Å². The molecule has 1 aliphatic heterocycles. The van der Waals surface area contributed by atoms with E-state index >= 15 is 0 Å². The number of aliphatic hydroxyl groups excluding tert-OH is 4. The van der Waals surface area contributed by atoms with Gasteiger partial charge in [0.2, 0.25) is 0 Å². The van der Waals surface area contributed by atoms with Crippen LogP contribution < -0.4 is 5.32 Å². The fourth-order valence-corrected chi connectivity index (χ4v) is 12.6. The number of hydrogen-bond acceptors (Lipinski definition) is 12. The van der Waals surface area contributed by atoms with Crippen molar-refractivity contribution < 1.29 is 54.5 Å². The van der Waals surface area contributed by atoms with E-state index in [0.29, 0.717) is 32.4 Å². The normalized spacial score (nSPS) is 48.1. The van der Waals surface area contributed by atoms with Crippen LogP contribution in [0.4, 0.5) is 0 Å². The van der Waals surface area contributed by atoms with Crippen molar-refractivity contribution in [3.05, 3.63) is 23.8 Å². The topological polar surface area (TPSA) is 206 Å². The molecule has 1 heterocycles. The molecule has 3 unspecified atom stereocenters. The third-order valence-corrected chi connectivity index (χ3v) is 16.0. The minimum Gasteiger partial charge on any atom is -0.459 e. The monoisotopic (exact) mass is 819 g/mol. The molecule has 7 N–H and O–H groups in total. The van der Waals surface area contributed by atoms with Gasteiger partial charge in [0.25, 0.3) is 5.91 Å². The summed E-state index contributed by atoms with van der Waals surface area (Å²) in [5, 5.41) is 72.4. The average Bonchev–Trinajstić information content (AvgIpc) is 3.47. The number of amides is 1. The highest BCUT2D eigenvalue weighted by atomic mass is 16.6. The third-order valence-electron chi connectivity index (χ3n) is 16.0. The molecule has 4 aliphatic carbocycles. The molecule has 5 rings (SSSR count). The van der Waals surface area contributed by atoms with Gasteiger partial charge in [0.1, 0.15) is 17.8 Å². The Morgan fingerprint density at radius 3 is 2.31 bits per heavy atom. The second-order valence-corrected chi connectivity index (χ2v) is 19.9. The van der Waals surface area contributed by atoms with Gasteiger partial charge in [-0.3, -0.25) is 19.3 Å². The molecule has 0 radical (unpaired) electrons. The summed E-state index contributed by atoms with van der Waals surface area (Å²) in [5.41, 5.74) is -4.61. The van der Waals surface area contributed by atoms with Crippen LogP contribution in [0.15, 0.2) is 23.8 Å². The summed E-state index contributed by atoms with van der Waals surface area (Å²) in [6.45, 7) is 16.7. The summed E-state index contributed by atoms with van der Waals surface area (Å²) in [6.07, 6.45) is 3.59. The van der Waals surface area contributed by atoms with E-state index < -0.39 is 82.0 Å². The van der Waals surface area contributed by atoms with Crippen molar-refractivity contribution in [2.24, 2.45) is 46.3 Å².